The lowest BCUT2D eigenvalue weighted by Gasteiger charge is -2.24. The van der Waals surface area contributed by atoms with Crippen molar-refractivity contribution in [3.63, 3.8) is 0 Å². The first kappa shape index (κ1) is 15.4. The Morgan fingerprint density at radius 3 is 2.70 bits per heavy atom. The zero-order valence-corrected chi connectivity index (χ0v) is 12.7. The lowest BCUT2D eigenvalue weighted by molar-refractivity contribution is 0.246. The molecule has 0 radical (unpaired) electrons. The molecule has 1 atom stereocenters. The van der Waals surface area contributed by atoms with Gasteiger partial charge in [0.05, 0.1) is 18.0 Å². The first-order chi connectivity index (χ1) is 9.46. The fraction of sp³-hybridized carbons (Fsp3) is 0.750. The van der Waals surface area contributed by atoms with Gasteiger partial charge in [-0.2, -0.15) is 9.40 Å². The molecule has 8 heteroatoms. The van der Waals surface area contributed by atoms with E-state index < -0.39 is 10.0 Å². The van der Waals surface area contributed by atoms with Gasteiger partial charge in [-0.15, -0.1) is 0 Å². The maximum atomic E-state index is 12.7. The van der Waals surface area contributed by atoms with Crippen LogP contribution >= 0.6 is 0 Å². The first-order valence-corrected chi connectivity index (χ1v) is 8.26. The Balaban J connectivity index is 2.27. The van der Waals surface area contributed by atoms with Crippen molar-refractivity contribution in [2.45, 2.75) is 37.6 Å². The van der Waals surface area contributed by atoms with Crippen LogP contribution < -0.4 is 5.32 Å². The third kappa shape index (κ3) is 3.03. The molecule has 114 valence electrons. The molecule has 1 unspecified atom stereocenters. The molecule has 1 aliphatic heterocycles. The Kier molecular flexibility index (Phi) is 4.79. The van der Waals surface area contributed by atoms with Crippen LogP contribution in [0.3, 0.4) is 0 Å². The molecule has 0 bridgehead atoms. The van der Waals surface area contributed by atoms with Crippen LogP contribution in [0.2, 0.25) is 0 Å². The molecular formula is C12H22N4O3S. The number of sulfonamides is 1. The van der Waals surface area contributed by atoms with Crippen molar-refractivity contribution in [2.75, 3.05) is 26.2 Å². The maximum absolute atomic E-state index is 12.7. The van der Waals surface area contributed by atoms with Gasteiger partial charge in [0, 0.05) is 19.1 Å². The summed E-state index contributed by atoms with van der Waals surface area (Å²) in [6, 6.07) is 0.156. The van der Waals surface area contributed by atoms with Gasteiger partial charge in [-0.05, 0) is 33.2 Å². The number of nitrogens with zero attached hydrogens (tertiary/aromatic N) is 2. The van der Waals surface area contributed by atoms with Crippen molar-refractivity contribution >= 4 is 10.0 Å². The molecule has 2 heterocycles. The number of rotatable bonds is 6. The Bertz CT molecular complexity index is 530. The van der Waals surface area contributed by atoms with E-state index in [1.807, 2.05) is 0 Å². The van der Waals surface area contributed by atoms with Gasteiger partial charge in [0.25, 0.3) is 0 Å². The Hall–Kier alpha value is -0.960. The minimum atomic E-state index is -3.63. The van der Waals surface area contributed by atoms with Crippen molar-refractivity contribution in [1.29, 1.82) is 0 Å². The molecule has 0 aliphatic carbocycles. The molecular weight excluding hydrogens is 280 g/mol. The number of hydrogen-bond donors (Lipinski definition) is 3. The zero-order valence-electron chi connectivity index (χ0n) is 11.9. The third-order valence-corrected chi connectivity index (χ3v) is 5.72. The smallest absolute Gasteiger partial charge is 0.246 e. The average molecular weight is 302 g/mol. The van der Waals surface area contributed by atoms with Crippen LogP contribution in [0.1, 0.15) is 24.2 Å². The minimum Gasteiger partial charge on any atom is -0.395 e. The summed E-state index contributed by atoms with van der Waals surface area (Å²) < 4.78 is 26.8. The highest BCUT2D eigenvalue weighted by Crippen LogP contribution is 2.22. The molecule has 1 aromatic rings. The summed E-state index contributed by atoms with van der Waals surface area (Å²) in [6.45, 7) is 4.57. The number of H-pyrrole nitrogens is 1. The molecule has 0 aromatic carbocycles. The van der Waals surface area contributed by atoms with Crippen molar-refractivity contribution < 1.29 is 13.5 Å². The molecule has 3 N–H and O–H groups in total. The van der Waals surface area contributed by atoms with Gasteiger partial charge in [-0.1, -0.05) is 0 Å². The zero-order chi connectivity index (χ0) is 14.8. The van der Waals surface area contributed by atoms with Crippen molar-refractivity contribution in [3.8, 4) is 0 Å². The van der Waals surface area contributed by atoms with Gasteiger partial charge < -0.3 is 10.4 Å². The standard InChI is InChI=1S/C12H22N4O3S/c1-9-12(10(2)15-14-9)20(18,19)16(6-7-17)8-11-4-3-5-13-11/h11,13,17H,3-8H2,1-2H3,(H,14,15). The lowest BCUT2D eigenvalue weighted by Crippen LogP contribution is -2.42. The highest BCUT2D eigenvalue weighted by atomic mass is 32.2. The third-order valence-electron chi connectivity index (χ3n) is 3.59. The van der Waals surface area contributed by atoms with E-state index in [0.29, 0.717) is 17.9 Å². The average Bonchev–Trinajstić information content (AvgIpc) is 2.99. The summed E-state index contributed by atoms with van der Waals surface area (Å²) >= 11 is 0. The molecule has 7 nitrogen and oxygen atoms in total. The van der Waals surface area contributed by atoms with Crippen molar-refractivity contribution in [3.05, 3.63) is 11.4 Å². The van der Waals surface area contributed by atoms with E-state index in [2.05, 4.69) is 15.5 Å². The van der Waals surface area contributed by atoms with Gasteiger partial charge >= 0.3 is 0 Å². The number of hydrogen-bond acceptors (Lipinski definition) is 5. The van der Waals surface area contributed by atoms with Gasteiger partial charge in [0.1, 0.15) is 4.90 Å². The van der Waals surface area contributed by atoms with Crippen LogP contribution in [-0.4, -0.2) is 60.3 Å². The van der Waals surface area contributed by atoms with Gasteiger partial charge in [-0.25, -0.2) is 8.42 Å². The molecule has 0 saturated carbocycles. The number of aryl methyl sites for hydroxylation is 2. The number of aliphatic hydroxyl groups excluding tert-OH is 1. The summed E-state index contributed by atoms with van der Waals surface area (Å²) in [5, 5.41) is 19.1. The van der Waals surface area contributed by atoms with Crippen LogP contribution in [0.4, 0.5) is 0 Å². The number of aromatic amines is 1. The number of aliphatic hydroxyl groups is 1. The van der Waals surface area contributed by atoms with Gasteiger partial charge in [0.15, 0.2) is 0 Å². The Labute approximate surface area is 119 Å². The minimum absolute atomic E-state index is 0.102. The van der Waals surface area contributed by atoms with Gasteiger partial charge in [-0.3, -0.25) is 5.10 Å². The summed E-state index contributed by atoms with van der Waals surface area (Å²) in [5.41, 5.74) is 0.995. The molecule has 0 spiro atoms. The second-order valence-electron chi connectivity index (χ2n) is 5.14. The fourth-order valence-electron chi connectivity index (χ4n) is 2.63. The predicted octanol–water partition coefficient (Wildman–Crippen LogP) is -0.238. The monoisotopic (exact) mass is 302 g/mol. The van der Waals surface area contributed by atoms with Crippen LogP contribution in [0.15, 0.2) is 4.90 Å². The van der Waals surface area contributed by atoms with Gasteiger partial charge in [0.2, 0.25) is 10.0 Å². The van der Waals surface area contributed by atoms with E-state index in [1.165, 1.54) is 4.31 Å². The lowest BCUT2D eigenvalue weighted by atomic mass is 10.2. The van der Waals surface area contributed by atoms with Crippen LogP contribution in [0.5, 0.6) is 0 Å². The van der Waals surface area contributed by atoms with Crippen molar-refractivity contribution in [2.24, 2.45) is 0 Å². The SMILES string of the molecule is Cc1n[nH]c(C)c1S(=O)(=O)N(CCO)CC1CCCN1. The fourth-order valence-corrected chi connectivity index (χ4v) is 4.44. The maximum Gasteiger partial charge on any atom is 0.246 e. The van der Waals surface area contributed by atoms with E-state index >= 15 is 0 Å². The summed E-state index contributed by atoms with van der Waals surface area (Å²) in [6.07, 6.45) is 2.02. The molecule has 1 aromatic heterocycles. The van der Waals surface area contributed by atoms with E-state index in [-0.39, 0.29) is 24.1 Å². The van der Waals surface area contributed by atoms with E-state index in [1.54, 1.807) is 13.8 Å². The Morgan fingerprint density at radius 2 is 2.20 bits per heavy atom. The molecule has 1 fully saturated rings. The highest BCUT2D eigenvalue weighted by molar-refractivity contribution is 7.89. The summed E-state index contributed by atoms with van der Waals surface area (Å²) in [4.78, 5) is 0.226. The van der Waals surface area contributed by atoms with Crippen LogP contribution in [0.25, 0.3) is 0 Å². The second-order valence-corrected chi connectivity index (χ2v) is 7.02. The molecule has 1 saturated heterocycles. The van der Waals surface area contributed by atoms with E-state index in [9.17, 15) is 8.42 Å². The highest BCUT2D eigenvalue weighted by Gasteiger charge is 2.31. The van der Waals surface area contributed by atoms with Crippen molar-refractivity contribution in [1.82, 2.24) is 19.8 Å². The summed E-state index contributed by atoms with van der Waals surface area (Å²) in [7, 11) is -3.63. The van der Waals surface area contributed by atoms with E-state index in [4.69, 9.17) is 5.11 Å². The predicted molar refractivity (Wildman–Crippen MR) is 74.9 cm³/mol. The molecule has 1 aliphatic rings. The van der Waals surface area contributed by atoms with E-state index in [0.717, 1.165) is 19.4 Å². The van der Waals surface area contributed by atoms with Crippen LogP contribution in [-0.2, 0) is 10.0 Å². The number of aromatic nitrogens is 2. The Morgan fingerprint density at radius 1 is 1.45 bits per heavy atom. The molecule has 0 amide bonds. The quantitative estimate of drug-likeness (QED) is 0.674. The first-order valence-electron chi connectivity index (χ1n) is 6.82. The second kappa shape index (κ2) is 6.21. The molecule has 2 rings (SSSR count). The van der Waals surface area contributed by atoms with Crippen LogP contribution in [0, 0.1) is 13.8 Å². The molecule has 20 heavy (non-hydrogen) atoms. The largest absolute Gasteiger partial charge is 0.395 e. The summed E-state index contributed by atoms with van der Waals surface area (Å²) in [5.74, 6) is 0. The number of nitrogens with one attached hydrogen (secondary N) is 2. The topological polar surface area (TPSA) is 98.3 Å². The normalized spacial score (nSPS) is 19.9.